The van der Waals surface area contributed by atoms with Crippen LogP contribution in [0.15, 0.2) is 182 Å². The van der Waals surface area contributed by atoms with Crippen LogP contribution < -0.4 is 14.5 Å². The monoisotopic (exact) mass is 971 g/mol. The van der Waals surface area contributed by atoms with E-state index in [9.17, 15) is 0 Å². The molecule has 0 fully saturated rings. The maximum absolute atomic E-state index is 6.68. The summed E-state index contributed by atoms with van der Waals surface area (Å²) in [7, 11) is 0. The number of hydrogen-bond donors (Lipinski definition) is 0. The van der Waals surface area contributed by atoms with Crippen LogP contribution in [0.25, 0.3) is 49.4 Å². The molecule has 10 rings (SSSR count). The maximum Gasteiger partial charge on any atom is 4.00 e. The second kappa shape index (κ2) is 16.5. The molecule has 0 N–H and O–H groups in total. The van der Waals surface area contributed by atoms with Crippen LogP contribution in [0.3, 0.4) is 0 Å². The molecule has 0 saturated heterocycles. The minimum absolute atomic E-state index is 0. The molecule has 5 nitrogen and oxygen atoms in total. The Balaban J connectivity index is 0.00000476. The quantitative estimate of drug-likeness (QED) is 0.135. The summed E-state index contributed by atoms with van der Waals surface area (Å²) in [5, 5.41) is 7.63. The number of ether oxygens (including phenoxy) is 1. The molecule has 1 aromatic heterocycles. The van der Waals surface area contributed by atoms with Gasteiger partial charge in [0.1, 0.15) is 0 Å². The Morgan fingerprint density at radius 3 is 1.82 bits per heavy atom. The first-order valence-corrected chi connectivity index (χ1v) is 20.5. The Hall–Kier alpha value is -6.55. The SMILES string of the molecule is Cc1ccc([N-]C(n2c3[c-]c(Oc4[c-]c(N5[CH-]N(c6c(-c7ccccc7)cccc6-c6ccccc6)c6ccccc65)ccc4)ccc3c3ccccc32)C(C)(C)C)cc1.[Pt+4]. The molecule has 1 aliphatic rings. The van der Waals surface area contributed by atoms with Crippen molar-refractivity contribution in [1.82, 2.24) is 4.57 Å². The van der Waals surface area contributed by atoms with Crippen LogP contribution in [0.2, 0.25) is 0 Å². The number of benzene rings is 8. The molecule has 8 aromatic carbocycles. The van der Waals surface area contributed by atoms with E-state index < -0.39 is 0 Å². The van der Waals surface area contributed by atoms with E-state index in [1.165, 1.54) is 5.56 Å². The van der Waals surface area contributed by atoms with Gasteiger partial charge in [0.05, 0.1) is 0 Å². The number of hydrogen-bond acceptors (Lipinski definition) is 3. The average Bonchev–Trinajstić information content (AvgIpc) is 3.82. The van der Waals surface area contributed by atoms with Gasteiger partial charge in [0.2, 0.25) is 0 Å². The van der Waals surface area contributed by atoms with Gasteiger partial charge in [-0.2, -0.15) is 12.1 Å². The predicted octanol–water partition coefficient (Wildman–Crippen LogP) is 15.5. The first-order valence-electron chi connectivity index (χ1n) is 20.5. The number of anilines is 4. The molecule has 0 spiro atoms. The summed E-state index contributed by atoms with van der Waals surface area (Å²) in [4.78, 5) is 4.51. The third kappa shape index (κ3) is 7.60. The molecular formula is C55H44N4OPt. The zero-order valence-electron chi connectivity index (χ0n) is 34.5. The zero-order valence-corrected chi connectivity index (χ0v) is 36.8. The zero-order chi connectivity index (χ0) is 40.8. The molecule has 0 saturated carbocycles. The van der Waals surface area contributed by atoms with Crippen molar-refractivity contribution in [3.05, 3.63) is 212 Å². The van der Waals surface area contributed by atoms with Crippen LogP contribution in [-0.2, 0) is 21.1 Å². The van der Waals surface area contributed by atoms with Gasteiger partial charge in [-0.1, -0.05) is 165 Å². The second-order valence-electron chi connectivity index (χ2n) is 16.5. The van der Waals surface area contributed by atoms with Gasteiger partial charge in [-0.3, -0.25) is 0 Å². The molecular weight excluding hydrogens is 928 g/mol. The van der Waals surface area contributed by atoms with Crippen molar-refractivity contribution in [3.8, 4) is 33.8 Å². The first-order chi connectivity index (χ1) is 29.3. The number of rotatable bonds is 9. The normalized spacial score (nSPS) is 12.9. The van der Waals surface area contributed by atoms with Crippen molar-refractivity contribution in [2.24, 2.45) is 5.41 Å². The third-order valence-electron chi connectivity index (χ3n) is 11.2. The molecule has 6 heteroatoms. The van der Waals surface area contributed by atoms with Crippen LogP contribution in [0.1, 0.15) is 32.5 Å². The topological polar surface area (TPSA) is 34.7 Å². The molecule has 1 aliphatic heterocycles. The van der Waals surface area contributed by atoms with E-state index in [2.05, 4.69) is 225 Å². The Kier molecular flexibility index (Phi) is 10.8. The fraction of sp³-hybridized carbons (Fsp3) is 0.109. The molecule has 1 unspecified atom stereocenters. The van der Waals surface area contributed by atoms with E-state index in [0.29, 0.717) is 11.5 Å². The van der Waals surface area contributed by atoms with E-state index in [4.69, 9.17) is 10.1 Å². The van der Waals surface area contributed by atoms with Crippen LogP contribution >= 0.6 is 0 Å². The minimum atomic E-state index is -0.202. The Morgan fingerprint density at radius 2 is 1.15 bits per heavy atom. The van der Waals surface area contributed by atoms with Crippen molar-refractivity contribution in [3.63, 3.8) is 0 Å². The summed E-state index contributed by atoms with van der Waals surface area (Å²) in [6.07, 6.45) is -0.202. The number of aryl methyl sites for hydroxylation is 1. The minimum Gasteiger partial charge on any atom is -0.665 e. The van der Waals surface area contributed by atoms with Gasteiger partial charge in [0, 0.05) is 45.2 Å². The van der Waals surface area contributed by atoms with Crippen LogP contribution in [-0.4, -0.2) is 4.57 Å². The molecule has 0 bridgehead atoms. The molecule has 0 amide bonds. The summed E-state index contributed by atoms with van der Waals surface area (Å²) < 4.78 is 9.01. The number of nitrogens with zero attached hydrogens (tertiary/aromatic N) is 4. The summed E-state index contributed by atoms with van der Waals surface area (Å²) in [5.74, 6) is 1.21. The molecule has 1 atom stereocenters. The van der Waals surface area contributed by atoms with E-state index in [0.717, 1.165) is 72.5 Å². The van der Waals surface area contributed by atoms with Gasteiger partial charge in [-0.15, -0.1) is 53.8 Å². The Bertz CT molecular complexity index is 2910. The summed E-state index contributed by atoms with van der Waals surface area (Å²) in [6, 6.07) is 70.9. The standard InChI is InChI=1S/C55H44N4O.Pt/c1-38-29-31-41(32-30-38)56-54(55(2,3)4)59-49-26-12-11-23-47(49)48-34-33-44(36-52(48)59)60-43-22-15-21-42(35-43)57-37-58(51-28-14-13-27-50(51)57)53-45(39-17-7-5-8-18-39)24-16-25-46(53)40-19-9-6-10-20-40;/h5-34,37,54H,1-4H3;/q-4;+4. The Morgan fingerprint density at radius 1 is 0.557 bits per heavy atom. The van der Waals surface area contributed by atoms with Gasteiger partial charge >= 0.3 is 21.1 Å². The van der Waals surface area contributed by atoms with Gasteiger partial charge in [0.25, 0.3) is 0 Å². The second-order valence-corrected chi connectivity index (χ2v) is 16.5. The molecule has 0 aliphatic carbocycles. The average molecular weight is 972 g/mol. The maximum atomic E-state index is 6.68. The number of fused-ring (bicyclic) bond motifs is 4. The van der Waals surface area contributed by atoms with E-state index in [1.807, 2.05) is 18.2 Å². The first kappa shape index (κ1) is 39.9. The van der Waals surface area contributed by atoms with Crippen molar-refractivity contribution >= 4 is 50.2 Å². The van der Waals surface area contributed by atoms with E-state index >= 15 is 0 Å². The molecule has 61 heavy (non-hydrogen) atoms. The van der Waals surface area contributed by atoms with Crippen molar-refractivity contribution in [2.75, 3.05) is 9.80 Å². The molecule has 0 radical (unpaired) electrons. The van der Waals surface area contributed by atoms with Crippen LogP contribution in [0, 0.1) is 31.1 Å². The number of aromatic nitrogens is 1. The fourth-order valence-corrected chi connectivity index (χ4v) is 8.37. The summed E-state index contributed by atoms with van der Waals surface area (Å²) in [5.41, 5.74) is 12.7. The van der Waals surface area contributed by atoms with E-state index in [1.54, 1.807) is 0 Å². The van der Waals surface area contributed by atoms with E-state index in [-0.39, 0.29) is 32.6 Å². The molecule has 9 aromatic rings. The van der Waals surface area contributed by atoms with Crippen molar-refractivity contribution in [2.45, 2.75) is 33.9 Å². The van der Waals surface area contributed by atoms with Crippen LogP contribution in [0.4, 0.5) is 28.4 Å². The third-order valence-corrected chi connectivity index (χ3v) is 11.2. The molecule has 2 heterocycles. The van der Waals surface area contributed by atoms with Crippen molar-refractivity contribution in [1.29, 1.82) is 0 Å². The van der Waals surface area contributed by atoms with Gasteiger partial charge < -0.3 is 24.4 Å². The summed E-state index contributed by atoms with van der Waals surface area (Å²) in [6.45, 7) is 11.0. The van der Waals surface area contributed by atoms with Crippen molar-refractivity contribution < 1.29 is 25.8 Å². The summed E-state index contributed by atoms with van der Waals surface area (Å²) >= 11 is 0. The Labute approximate surface area is 373 Å². The molecule has 300 valence electrons. The number of para-hydroxylation sites is 4. The largest absolute Gasteiger partial charge is 4.00 e. The predicted molar refractivity (Wildman–Crippen MR) is 249 cm³/mol. The smallest absolute Gasteiger partial charge is 0.665 e. The van der Waals surface area contributed by atoms with Gasteiger partial charge in [0.15, 0.2) is 0 Å². The van der Waals surface area contributed by atoms with Gasteiger partial charge in [-0.25, -0.2) is 0 Å². The van der Waals surface area contributed by atoms with Gasteiger partial charge in [-0.05, 0) is 53.2 Å². The van der Waals surface area contributed by atoms with Crippen LogP contribution in [0.5, 0.6) is 11.5 Å². The fourth-order valence-electron chi connectivity index (χ4n) is 8.37.